The third-order valence-electron chi connectivity index (χ3n) is 5.19. The maximum absolute atomic E-state index is 4.27. The molecule has 1 fully saturated rings. The number of fused-ring (bicyclic) bond motifs is 1. The second-order valence-electron chi connectivity index (χ2n) is 6.94. The van der Waals surface area contributed by atoms with E-state index < -0.39 is 0 Å². The number of hydrogen-bond acceptors (Lipinski definition) is 3. The fourth-order valence-corrected chi connectivity index (χ4v) is 3.67. The Morgan fingerprint density at radius 1 is 1.04 bits per heavy atom. The van der Waals surface area contributed by atoms with Crippen molar-refractivity contribution < 1.29 is 0 Å². The van der Waals surface area contributed by atoms with E-state index in [1.165, 1.54) is 64.6 Å². The Morgan fingerprint density at radius 3 is 2.65 bits per heavy atom. The van der Waals surface area contributed by atoms with Crippen LogP contribution in [0.1, 0.15) is 51.9 Å². The third-order valence-corrected chi connectivity index (χ3v) is 5.19. The van der Waals surface area contributed by atoms with E-state index in [9.17, 15) is 0 Å². The second kappa shape index (κ2) is 8.44. The predicted octanol–water partition coefficient (Wildman–Crippen LogP) is 4.11. The van der Waals surface area contributed by atoms with Crippen LogP contribution in [0.15, 0.2) is 24.3 Å². The van der Waals surface area contributed by atoms with Crippen molar-refractivity contribution in [1.29, 1.82) is 0 Å². The summed E-state index contributed by atoms with van der Waals surface area (Å²) in [5.74, 6) is 0.993. The molecule has 0 radical (unpaired) electrons. The van der Waals surface area contributed by atoms with E-state index in [1.54, 1.807) is 0 Å². The summed E-state index contributed by atoms with van der Waals surface area (Å²) in [6.45, 7) is 7.13. The molecule has 2 aromatic rings. The number of para-hydroxylation sites is 1. The van der Waals surface area contributed by atoms with Gasteiger partial charge >= 0.3 is 0 Å². The smallest absolute Gasteiger partial charge is 0.113 e. The van der Waals surface area contributed by atoms with Crippen LogP contribution in [0.25, 0.3) is 11.0 Å². The monoisotopic (exact) mass is 314 g/mol. The summed E-state index contributed by atoms with van der Waals surface area (Å²) in [5, 5.41) is 8.49. The molecule has 2 heterocycles. The number of likely N-dealkylation sites (tertiary alicyclic amines) is 1. The van der Waals surface area contributed by atoms with Crippen molar-refractivity contribution in [3.05, 3.63) is 24.3 Å². The average molecular weight is 314 g/mol. The standard InChI is InChI=1S/C19H30N4/c1-2-3-8-17-11-15-22(16-12-17)13-6-7-14-23-19-10-5-4-9-18(19)20-21-23/h4-5,9-10,17H,2-3,6-8,11-16H2,1H3. The lowest BCUT2D eigenvalue weighted by Crippen LogP contribution is -2.34. The lowest BCUT2D eigenvalue weighted by Gasteiger charge is -2.32. The summed E-state index contributed by atoms with van der Waals surface area (Å²) < 4.78 is 2.05. The first kappa shape index (κ1) is 16.4. The molecule has 1 aliphatic rings. The highest BCUT2D eigenvalue weighted by Gasteiger charge is 2.18. The fraction of sp³-hybridized carbons (Fsp3) is 0.684. The van der Waals surface area contributed by atoms with Crippen LogP contribution in [0.4, 0.5) is 0 Å². The molecule has 1 aromatic heterocycles. The van der Waals surface area contributed by atoms with Crippen LogP contribution < -0.4 is 0 Å². The van der Waals surface area contributed by atoms with Crippen molar-refractivity contribution in [3.8, 4) is 0 Å². The molecule has 0 aliphatic carbocycles. The molecule has 0 atom stereocenters. The molecule has 0 spiro atoms. The minimum absolute atomic E-state index is 0.980. The van der Waals surface area contributed by atoms with E-state index in [0.29, 0.717) is 0 Å². The lowest BCUT2D eigenvalue weighted by atomic mass is 9.91. The average Bonchev–Trinajstić information content (AvgIpc) is 3.01. The summed E-state index contributed by atoms with van der Waals surface area (Å²) in [4.78, 5) is 2.65. The highest BCUT2D eigenvalue weighted by Crippen LogP contribution is 2.22. The van der Waals surface area contributed by atoms with Crippen LogP contribution in [-0.2, 0) is 6.54 Å². The number of nitrogens with zero attached hydrogens (tertiary/aromatic N) is 4. The van der Waals surface area contributed by atoms with E-state index in [0.717, 1.165) is 23.5 Å². The first-order chi connectivity index (χ1) is 11.4. The molecular weight excluding hydrogens is 284 g/mol. The largest absolute Gasteiger partial charge is 0.303 e. The summed E-state index contributed by atoms with van der Waals surface area (Å²) >= 11 is 0. The Labute approximate surface area is 139 Å². The molecule has 23 heavy (non-hydrogen) atoms. The van der Waals surface area contributed by atoms with Crippen LogP contribution in [0.3, 0.4) is 0 Å². The molecule has 0 amide bonds. The van der Waals surface area contributed by atoms with Crippen molar-refractivity contribution in [2.24, 2.45) is 5.92 Å². The summed E-state index contributed by atoms with van der Waals surface area (Å²) in [7, 11) is 0. The molecule has 1 aromatic carbocycles. The van der Waals surface area contributed by atoms with Gasteiger partial charge in [-0.1, -0.05) is 43.5 Å². The van der Waals surface area contributed by atoms with Crippen LogP contribution in [0.5, 0.6) is 0 Å². The number of aromatic nitrogens is 3. The molecule has 3 rings (SSSR count). The maximum Gasteiger partial charge on any atom is 0.113 e. The predicted molar refractivity (Wildman–Crippen MR) is 95.5 cm³/mol. The molecule has 0 N–H and O–H groups in total. The molecule has 0 bridgehead atoms. The Kier molecular flexibility index (Phi) is 6.03. The number of piperidine rings is 1. The lowest BCUT2D eigenvalue weighted by molar-refractivity contribution is 0.174. The Balaban J connectivity index is 1.34. The highest BCUT2D eigenvalue weighted by molar-refractivity contribution is 5.73. The van der Waals surface area contributed by atoms with E-state index in [4.69, 9.17) is 0 Å². The third kappa shape index (κ3) is 4.54. The van der Waals surface area contributed by atoms with Crippen molar-refractivity contribution in [2.45, 2.75) is 58.4 Å². The molecule has 1 aliphatic heterocycles. The van der Waals surface area contributed by atoms with E-state index in [2.05, 4.69) is 34.3 Å². The van der Waals surface area contributed by atoms with Gasteiger partial charge in [0, 0.05) is 6.54 Å². The zero-order valence-electron chi connectivity index (χ0n) is 14.5. The summed E-state index contributed by atoms with van der Waals surface area (Å²) in [6.07, 6.45) is 9.47. The zero-order valence-corrected chi connectivity index (χ0v) is 14.5. The Morgan fingerprint density at radius 2 is 1.83 bits per heavy atom. The van der Waals surface area contributed by atoms with Gasteiger partial charge in [-0.2, -0.15) is 0 Å². The number of aryl methyl sites for hydroxylation is 1. The van der Waals surface area contributed by atoms with Gasteiger partial charge in [0.15, 0.2) is 0 Å². The first-order valence-corrected chi connectivity index (χ1v) is 9.37. The number of hydrogen-bond donors (Lipinski definition) is 0. The van der Waals surface area contributed by atoms with Crippen LogP contribution >= 0.6 is 0 Å². The quantitative estimate of drug-likeness (QED) is 0.688. The second-order valence-corrected chi connectivity index (χ2v) is 6.94. The van der Waals surface area contributed by atoms with Gasteiger partial charge in [-0.15, -0.1) is 5.10 Å². The van der Waals surface area contributed by atoms with Crippen molar-refractivity contribution in [1.82, 2.24) is 19.9 Å². The first-order valence-electron chi connectivity index (χ1n) is 9.37. The zero-order chi connectivity index (χ0) is 15.9. The van der Waals surface area contributed by atoms with Crippen molar-refractivity contribution >= 4 is 11.0 Å². The minimum atomic E-state index is 0.980. The van der Waals surface area contributed by atoms with Crippen molar-refractivity contribution in [2.75, 3.05) is 19.6 Å². The minimum Gasteiger partial charge on any atom is -0.303 e. The van der Waals surface area contributed by atoms with Crippen molar-refractivity contribution in [3.63, 3.8) is 0 Å². The van der Waals surface area contributed by atoms with Gasteiger partial charge in [0.25, 0.3) is 0 Å². The molecular formula is C19H30N4. The van der Waals surface area contributed by atoms with Gasteiger partial charge in [0.05, 0.1) is 5.52 Å². The number of rotatable bonds is 8. The topological polar surface area (TPSA) is 34.0 Å². The molecule has 0 saturated carbocycles. The van der Waals surface area contributed by atoms with Gasteiger partial charge in [0.1, 0.15) is 5.52 Å². The Bertz CT molecular complexity index is 584. The molecule has 4 nitrogen and oxygen atoms in total. The molecule has 0 unspecified atom stereocenters. The summed E-state index contributed by atoms with van der Waals surface area (Å²) in [6, 6.07) is 8.22. The van der Waals surface area contributed by atoms with Crippen LogP contribution in [-0.4, -0.2) is 39.5 Å². The maximum atomic E-state index is 4.27. The van der Waals surface area contributed by atoms with Gasteiger partial charge in [-0.05, 0) is 63.4 Å². The van der Waals surface area contributed by atoms with Gasteiger partial charge in [0.2, 0.25) is 0 Å². The van der Waals surface area contributed by atoms with E-state index in [1.807, 2.05) is 16.8 Å². The van der Waals surface area contributed by atoms with Crippen LogP contribution in [0, 0.1) is 5.92 Å². The molecule has 4 heteroatoms. The summed E-state index contributed by atoms with van der Waals surface area (Å²) in [5.41, 5.74) is 2.16. The SMILES string of the molecule is CCCCC1CCN(CCCCn2nnc3ccccc32)CC1. The van der Waals surface area contributed by atoms with Gasteiger partial charge in [-0.25, -0.2) is 4.68 Å². The number of benzene rings is 1. The Hall–Kier alpha value is -1.42. The van der Waals surface area contributed by atoms with Crippen LogP contribution in [0.2, 0.25) is 0 Å². The normalized spacial score (nSPS) is 17.1. The fourth-order valence-electron chi connectivity index (χ4n) is 3.67. The van der Waals surface area contributed by atoms with Gasteiger partial charge in [-0.3, -0.25) is 0 Å². The highest BCUT2D eigenvalue weighted by atomic mass is 15.4. The van der Waals surface area contributed by atoms with E-state index in [-0.39, 0.29) is 0 Å². The molecule has 126 valence electrons. The van der Waals surface area contributed by atoms with Gasteiger partial charge < -0.3 is 4.90 Å². The number of unbranched alkanes of at least 4 members (excludes halogenated alkanes) is 2. The van der Waals surface area contributed by atoms with E-state index >= 15 is 0 Å². The molecule has 1 saturated heterocycles.